The Hall–Kier alpha value is -2.04. The molecule has 0 aromatic heterocycles. The summed E-state index contributed by atoms with van der Waals surface area (Å²) in [4.78, 5) is 28.5. The van der Waals surface area contributed by atoms with Crippen LogP contribution in [0.25, 0.3) is 0 Å². The number of likely N-dealkylation sites (tertiary alicyclic amines) is 1. The number of piperidine rings is 1. The van der Waals surface area contributed by atoms with Crippen LogP contribution in [0.4, 0.5) is 5.69 Å². The lowest BCUT2D eigenvalue weighted by molar-refractivity contribution is -0.135. The summed E-state index contributed by atoms with van der Waals surface area (Å²) in [5.41, 5.74) is 7.92. The van der Waals surface area contributed by atoms with Crippen molar-refractivity contribution in [1.82, 2.24) is 4.90 Å². The van der Waals surface area contributed by atoms with Gasteiger partial charge in [0.2, 0.25) is 11.8 Å². The molecule has 0 bridgehead atoms. The van der Waals surface area contributed by atoms with Crippen molar-refractivity contribution in [3.8, 4) is 0 Å². The van der Waals surface area contributed by atoms with Gasteiger partial charge in [0.05, 0.1) is 5.92 Å². The molecule has 2 aliphatic rings. The number of carbonyl (C=O) groups is 2. The van der Waals surface area contributed by atoms with Crippen LogP contribution in [0.5, 0.6) is 0 Å². The van der Waals surface area contributed by atoms with Crippen LogP contribution in [0, 0.1) is 5.92 Å². The van der Waals surface area contributed by atoms with Gasteiger partial charge in [0.1, 0.15) is 6.04 Å². The molecule has 2 heterocycles. The highest BCUT2D eigenvalue weighted by atomic mass is 16.2. The third-order valence-electron chi connectivity index (χ3n) is 5.54. The fourth-order valence-electron chi connectivity index (χ4n) is 3.98. The smallest absolute Gasteiger partial charge is 0.245 e. The zero-order valence-corrected chi connectivity index (χ0v) is 14.6. The molecule has 1 aromatic carbocycles. The lowest BCUT2D eigenvalue weighted by Crippen LogP contribution is -2.52. The van der Waals surface area contributed by atoms with Gasteiger partial charge in [0.25, 0.3) is 0 Å². The molecule has 0 radical (unpaired) electrons. The molecule has 1 fully saturated rings. The normalized spacial score (nSPS) is 25.1. The number of anilines is 1. The standard InChI is InChI=1S/C19H27N3O2/c1-13-9-11-22(17-8-4-3-7-16(13)17)14(2)19(24)21-10-5-6-15(12-21)18(20)23/h3-4,7-8,13-15H,5-6,9-12H2,1-2H3,(H2,20,23)/t13-,14-,15-/m1/s1. The Morgan fingerprint density at radius 2 is 1.96 bits per heavy atom. The van der Waals surface area contributed by atoms with E-state index < -0.39 is 0 Å². The molecule has 2 N–H and O–H groups in total. The fraction of sp³-hybridized carbons (Fsp3) is 0.579. The number of carbonyl (C=O) groups excluding carboxylic acids is 2. The highest BCUT2D eigenvalue weighted by Crippen LogP contribution is 2.36. The van der Waals surface area contributed by atoms with E-state index in [1.807, 2.05) is 17.9 Å². The Morgan fingerprint density at radius 3 is 2.71 bits per heavy atom. The molecule has 130 valence electrons. The molecule has 24 heavy (non-hydrogen) atoms. The van der Waals surface area contributed by atoms with Crippen LogP contribution in [0.1, 0.15) is 44.6 Å². The number of nitrogens with zero attached hydrogens (tertiary/aromatic N) is 2. The first-order valence-electron chi connectivity index (χ1n) is 8.92. The van der Waals surface area contributed by atoms with Crippen LogP contribution in [-0.4, -0.2) is 42.4 Å². The summed E-state index contributed by atoms with van der Waals surface area (Å²) in [5, 5.41) is 0. The van der Waals surface area contributed by atoms with Crippen molar-refractivity contribution in [2.45, 2.75) is 45.1 Å². The maximum absolute atomic E-state index is 13.0. The molecule has 0 spiro atoms. The highest BCUT2D eigenvalue weighted by molar-refractivity contribution is 5.86. The molecule has 0 unspecified atom stereocenters. The van der Waals surface area contributed by atoms with E-state index in [9.17, 15) is 9.59 Å². The Bertz CT molecular complexity index is 631. The summed E-state index contributed by atoms with van der Waals surface area (Å²) in [6.45, 7) is 6.29. The predicted octanol–water partition coefficient (Wildman–Crippen LogP) is 2.11. The zero-order valence-electron chi connectivity index (χ0n) is 14.6. The molecular formula is C19H27N3O2. The maximum Gasteiger partial charge on any atom is 0.245 e. The quantitative estimate of drug-likeness (QED) is 0.923. The number of hydrogen-bond donors (Lipinski definition) is 1. The molecule has 3 rings (SSSR count). The van der Waals surface area contributed by atoms with E-state index in [2.05, 4.69) is 30.0 Å². The monoisotopic (exact) mass is 329 g/mol. The first-order valence-corrected chi connectivity index (χ1v) is 8.92. The molecular weight excluding hydrogens is 302 g/mol. The van der Waals surface area contributed by atoms with Gasteiger partial charge in [0, 0.05) is 25.3 Å². The van der Waals surface area contributed by atoms with Crippen molar-refractivity contribution in [2.24, 2.45) is 11.7 Å². The van der Waals surface area contributed by atoms with Crippen molar-refractivity contribution < 1.29 is 9.59 Å². The Morgan fingerprint density at radius 1 is 1.21 bits per heavy atom. The second-order valence-electron chi connectivity index (χ2n) is 7.14. The van der Waals surface area contributed by atoms with Crippen LogP contribution in [-0.2, 0) is 9.59 Å². The van der Waals surface area contributed by atoms with E-state index in [1.165, 1.54) is 11.3 Å². The van der Waals surface area contributed by atoms with E-state index in [4.69, 9.17) is 5.73 Å². The van der Waals surface area contributed by atoms with Gasteiger partial charge in [0.15, 0.2) is 0 Å². The molecule has 0 saturated carbocycles. The third kappa shape index (κ3) is 3.12. The first-order chi connectivity index (χ1) is 11.5. The molecule has 1 aromatic rings. The van der Waals surface area contributed by atoms with Crippen LogP contribution >= 0.6 is 0 Å². The summed E-state index contributed by atoms with van der Waals surface area (Å²) >= 11 is 0. The SMILES string of the molecule is C[C@@H]1CCN([C@H](C)C(=O)N2CCC[C@@H](C(N)=O)C2)c2ccccc21. The summed E-state index contributed by atoms with van der Waals surface area (Å²) in [6.07, 6.45) is 2.69. The average Bonchev–Trinajstić information content (AvgIpc) is 2.61. The Labute approximate surface area is 143 Å². The molecule has 3 atom stereocenters. The van der Waals surface area contributed by atoms with Gasteiger partial charge in [-0.05, 0) is 43.7 Å². The molecule has 5 heteroatoms. The number of primary amides is 1. The number of hydrogen-bond acceptors (Lipinski definition) is 3. The van der Waals surface area contributed by atoms with Crippen LogP contribution in [0.3, 0.4) is 0 Å². The third-order valence-corrected chi connectivity index (χ3v) is 5.54. The van der Waals surface area contributed by atoms with Crippen LogP contribution < -0.4 is 10.6 Å². The topological polar surface area (TPSA) is 66.6 Å². The molecule has 2 amide bonds. The van der Waals surface area contributed by atoms with Crippen molar-refractivity contribution in [3.05, 3.63) is 29.8 Å². The zero-order chi connectivity index (χ0) is 17.3. The summed E-state index contributed by atoms with van der Waals surface area (Å²) < 4.78 is 0. The van der Waals surface area contributed by atoms with Gasteiger partial charge in [-0.15, -0.1) is 0 Å². The van der Waals surface area contributed by atoms with Crippen LogP contribution in [0.2, 0.25) is 0 Å². The fourth-order valence-corrected chi connectivity index (χ4v) is 3.98. The second-order valence-corrected chi connectivity index (χ2v) is 7.14. The number of fused-ring (bicyclic) bond motifs is 1. The van der Waals surface area contributed by atoms with E-state index >= 15 is 0 Å². The van der Waals surface area contributed by atoms with Crippen molar-refractivity contribution >= 4 is 17.5 Å². The van der Waals surface area contributed by atoms with Gasteiger partial charge < -0.3 is 15.5 Å². The first kappa shape index (κ1) is 16.8. The summed E-state index contributed by atoms with van der Waals surface area (Å²) in [5.74, 6) is 0.125. The van der Waals surface area contributed by atoms with Gasteiger partial charge >= 0.3 is 0 Å². The number of rotatable bonds is 3. The van der Waals surface area contributed by atoms with E-state index in [-0.39, 0.29) is 23.8 Å². The number of benzene rings is 1. The molecule has 2 aliphatic heterocycles. The van der Waals surface area contributed by atoms with Crippen molar-refractivity contribution in [1.29, 1.82) is 0 Å². The lowest BCUT2D eigenvalue weighted by atomic mass is 9.90. The minimum Gasteiger partial charge on any atom is -0.369 e. The lowest BCUT2D eigenvalue weighted by Gasteiger charge is -2.41. The largest absolute Gasteiger partial charge is 0.369 e. The minimum atomic E-state index is -0.294. The van der Waals surface area contributed by atoms with Gasteiger partial charge in [-0.1, -0.05) is 25.1 Å². The molecule has 1 saturated heterocycles. The number of para-hydroxylation sites is 1. The number of amides is 2. The van der Waals surface area contributed by atoms with E-state index in [0.29, 0.717) is 12.5 Å². The molecule has 5 nitrogen and oxygen atoms in total. The van der Waals surface area contributed by atoms with E-state index in [1.54, 1.807) is 0 Å². The maximum atomic E-state index is 13.0. The average molecular weight is 329 g/mol. The van der Waals surface area contributed by atoms with Crippen molar-refractivity contribution in [2.75, 3.05) is 24.5 Å². The molecule has 0 aliphatic carbocycles. The Balaban J connectivity index is 1.77. The van der Waals surface area contributed by atoms with Gasteiger partial charge in [-0.3, -0.25) is 9.59 Å². The number of nitrogens with two attached hydrogens (primary N) is 1. The predicted molar refractivity (Wildman–Crippen MR) is 94.8 cm³/mol. The highest BCUT2D eigenvalue weighted by Gasteiger charge is 2.34. The van der Waals surface area contributed by atoms with E-state index in [0.717, 1.165) is 32.4 Å². The van der Waals surface area contributed by atoms with Crippen molar-refractivity contribution in [3.63, 3.8) is 0 Å². The summed E-state index contributed by atoms with van der Waals surface area (Å²) in [7, 11) is 0. The van der Waals surface area contributed by atoms with Crippen LogP contribution in [0.15, 0.2) is 24.3 Å². The van der Waals surface area contributed by atoms with Gasteiger partial charge in [-0.25, -0.2) is 0 Å². The Kier molecular flexibility index (Phi) is 4.78. The summed E-state index contributed by atoms with van der Waals surface area (Å²) in [6, 6.07) is 8.15. The minimum absolute atomic E-state index is 0.102. The second kappa shape index (κ2) is 6.83. The van der Waals surface area contributed by atoms with Gasteiger partial charge in [-0.2, -0.15) is 0 Å².